The maximum atomic E-state index is 10.9. The highest BCUT2D eigenvalue weighted by atomic mass is 35.7. The molecule has 0 radical (unpaired) electrons. The zero-order chi connectivity index (χ0) is 11.1. The van der Waals surface area contributed by atoms with Gasteiger partial charge in [0.05, 0.1) is 10.8 Å². The van der Waals surface area contributed by atoms with Gasteiger partial charge in [-0.05, 0) is 17.7 Å². The number of rotatable bonds is 2. The van der Waals surface area contributed by atoms with Crippen LogP contribution < -0.4 is 9.47 Å². The SMILES string of the molecule is O=S(=O)(Cl)Cc1cc(Cl)c2c(c1)OCO2. The first-order valence-electron chi connectivity index (χ1n) is 3.96. The van der Waals surface area contributed by atoms with Crippen LogP contribution >= 0.6 is 22.3 Å². The fraction of sp³-hybridized carbons (Fsp3) is 0.250. The van der Waals surface area contributed by atoms with Crippen LogP contribution in [0.3, 0.4) is 0 Å². The van der Waals surface area contributed by atoms with Crippen LogP contribution in [0.5, 0.6) is 11.5 Å². The molecule has 2 rings (SSSR count). The van der Waals surface area contributed by atoms with Gasteiger partial charge in [-0.2, -0.15) is 0 Å². The van der Waals surface area contributed by atoms with Gasteiger partial charge < -0.3 is 9.47 Å². The molecule has 1 aromatic carbocycles. The molecule has 0 atom stereocenters. The van der Waals surface area contributed by atoms with E-state index in [1.165, 1.54) is 6.07 Å². The van der Waals surface area contributed by atoms with Crippen LogP contribution in [0.1, 0.15) is 5.56 Å². The van der Waals surface area contributed by atoms with Gasteiger partial charge in [-0.1, -0.05) is 11.6 Å². The lowest BCUT2D eigenvalue weighted by Crippen LogP contribution is -1.95. The number of ether oxygens (including phenoxy) is 2. The molecule has 82 valence electrons. The standard InChI is InChI=1S/C8H6Cl2O4S/c9-6-1-5(3-15(10,11)12)2-7-8(6)14-4-13-7/h1-2H,3-4H2. The van der Waals surface area contributed by atoms with E-state index in [4.69, 9.17) is 31.8 Å². The molecule has 0 unspecified atom stereocenters. The van der Waals surface area contributed by atoms with Crippen LogP contribution in [0, 0.1) is 0 Å². The Morgan fingerprint density at radius 3 is 2.73 bits per heavy atom. The molecule has 1 aliphatic rings. The third kappa shape index (κ3) is 2.48. The molecule has 0 saturated heterocycles. The molecular formula is C8H6Cl2O4S. The minimum absolute atomic E-state index is 0.0894. The van der Waals surface area contributed by atoms with Gasteiger partial charge in [-0.3, -0.25) is 0 Å². The molecule has 0 N–H and O–H groups in total. The van der Waals surface area contributed by atoms with Gasteiger partial charge >= 0.3 is 0 Å². The van der Waals surface area contributed by atoms with Crippen molar-refractivity contribution in [2.45, 2.75) is 5.75 Å². The number of hydrogen-bond acceptors (Lipinski definition) is 4. The largest absolute Gasteiger partial charge is 0.454 e. The summed E-state index contributed by atoms with van der Waals surface area (Å²) >= 11 is 5.86. The summed E-state index contributed by atoms with van der Waals surface area (Å²) in [6, 6.07) is 3.04. The summed E-state index contributed by atoms with van der Waals surface area (Å²) in [5.41, 5.74) is 0.472. The highest BCUT2D eigenvalue weighted by molar-refractivity contribution is 8.13. The van der Waals surface area contributed by atoms with Crippen molar-refractivity contribution >= 4 is 31.3 Å². The number of benzene rings is 1. The fourth-order valence-electron chi connectivity index (χ4n) is 1.30. The van der Waals surface area contributed by atoms with Crippen LogP contribution in [0.25, 0.3) is 0 Å². The third-order valence-corrected chi connectivity index (χ3v) is 3.11. The smallest absolute Gasteiger partial charge is 0.236 e. The van der Waals surface area contributed by atoms with Crippen molar-refractivity contribution in [2.24, 2.45) is 0 Å². The van der Waals surface area contributed by atoms with Gasteiger partial charge in [0.25, 0.3) is 0 Å². The molecule has 0 aromatic heterocycles. The van der Waals surface area contributed by atoms with Gasteiger partial charge in [0.15, 0.2) is 11.5 Å². The van der Waals surface area contributed by atoms with E-state index in [1.807, 2.05) is 0 Å². The second kappa shape index (κ2) is 3.73. The third-order valence-electron chi connectivity index (χ3n) is 1.83. The monoisotopic (exact) mass is 268 g/mol. The van der Waals surface area contributed by atoms with E-state index in [9.17, 15) is 8.42 Å². The number of hydrogen-bond donors (Lipinski definition) is 0. The first-order valence-corrected chi connectivity index (χ1v) is 6.82. The van der Waals surface area contributed by atoms with Gasteiger partial charge in [0.1, 0.15) is 0 Å². The Bertz CT molecular complexity index is 498. The van der Waals surface area contributed by atoms with E-state index in [-0.39, 0.29) is 12.5 Å². The molecule has 0 saturated carbocycles. The average molecular weight is 269 g/mol. The van der Waals surface area contributed by atoms with Crippen molar-refractivity contribution < 1.29 is 17.9 Å². The maximum absolute atomic E-state index is 10.9. The van der Waals surface area contributed by atoms with Gasteiger partial charge in [0.2, 0.25) is 15.8 Å². The lowest BCUT2D eigenvalue weighted by Gasteiger charge is -2.02. The van der Waals surface area contributed by atoms with Gasteiger partial charge in [0, 0.05) is 10.7 Å². The van der Waals surface area contributed by atoms with E-state index in [2.05, 4.69) is 0 Å². The average Bonchev–Trinajstić information content (AvgIpc) is 2.48. The predicted octanol–water partition coefficient (Wildman–Crippen LogP) is 2.14. The Balaban J connectivity index is 2.40. The maximum Gasteiger partial charge on any atom is 0.236 e. The molecule has 0 amide bonds. The Kier molecular flexibility index (Phi) is 2.70. The van der Waals surface area contributed by atoms with E-state index in [1.54, 1.807) is 6.07 Å². The first-order chi connectivity index (χ1) is 6.96. The van der Waals surface area contributed by atoms with E-state index >= 15 is 0 Å². The van der Waals surface area contributed by atoms with Crippen LogP contribution in [-0.4, -0.2) is 15.2 Å². The lowest BCUT2D eigenvalue weighted by atomic mass is 10.2. The summed E-state index contributed by atoms with van der Waals surface area (Å²) in [6.07, 6.45) is 0. The molecule has 0 bridgehead atoms. The van der Waals surface area contributed by atoms with Crippen LogP contribution in [-0.2, 0) is 14.8 Å². The molecule has 0 fully saturated rings. The Labute approximate surface area is 96.1 Å². The topological polar surface area (TPSA) is 52.6 Å². The van der Waals surface area contributed by atoms with Crippen molar-refractivity contribution in [3.63, 3.8) is 0 Å². The first kappa shape index (κ1) is 10.9. The molecular weight excluding hydrogens is 263 g/mol. The van der Waals surface area contributed by atoms with Gasteiger partial charge in [-0.15, -0.1) is 0 Å². The highest BCUT2D eigenvalue weighted by Crippen LogP contribution is 2.40. The normalized spacial score (nSPS) is 14.3. The van der Waals surface area contributed by atoms with Crippen LogP contribution in [0.2, 0.25) is 5.02 Å². The Hall–Kier alpha value is -0.650. The van der Waals surface area contributed by atoms with Crippen LogP contribution in [0.15, 0.2) is 12.1 Å². The minimum Gasteiger partial charge on any atom is -0.454 e. The zero-order valence-electron chi connectivity index (χ0n) is 7.37. The molecule has 1 aromatic rings. The second-order valence-electron chi connectivity index (χ2n) is 2.99. The highest BCUT2D eigenvalue weighted by Gasteiger charge is 2.19. The lowest BCUT2D eigenvalue weighted by molar-refractivity contribution is 0.174. The summed E-state index contributed by atoms with van der Waals surface area (Å²) in [7, 11) is 1.53. The quantitative estimate of drug-likeness (QED) is 0.772. The van der Waals surface area contributed by atoms with E-state index in [0.29, 0.717) is 22.1 Å². The Morgan fingerprint density at radius 2 is 2.07 bits per heavy atom. The molecule has 0 spiro atoms. The summed E-state index contributed by atoms with van der Waals surface area (Å²) in [4.78, 5) is 0. The molecule has 1 aliphatic heterocycles. The summed E-state index contributed by atoms with van der Waals surface area (Å²) in [5, 5.41) is 0.320. The van der Waals surface area contributed by atoms with E-state index in [0.717, 1.165) is 0 Å². The van der Waals surface area contributed by atoms with Crippen molar-refractivity contribution in [1.82, 2.24) is 0 Å². The molecule has 1 heterocycles. The van der Waals surface area contributed by atoms with Crippen molar-refractivity contribution in [1.29, 1.82) is 0 Å². The molecule has 15 heavy (non-hydrogen) atoms. The van der Waals surface area contributed by atoms with E-state index < -0.39 is 9.05 Å². The molecule has 7 heteroatoms. The van der Waals surface area contributed by atoms with Gasteiger partial charge in [-0.25, -0.2) is 8.42 Å². The molecule has 4 nitrogen and oxygen atoms in total. The second-order valence-corrected chi connectivity index (χ2v) is 6.18. The summed E-state index contributed by atoms with van der Waals surface area (Å²) < 4.78 is 31.9. The van der Waals surface area contributed by atoms with Crippen molar-refractivity contribution in [3.8, 4) is 11.5 Å². The summed E-state index contributed by atoms with van der Waals surface area (Å²) in [6.45, 7) is 0.0894. The Morgan fingerprint density at radius 1 is 1.33 bits per heavy atom. The predicted molar refractivity (Wildman–Crippen MR) is 56.1 cm³/mol. The summed E-state index contributed by atoms with van der Waals surface area (Å²) in [5.74, 6) is 0.593. The van der Waals surface area contributed by atoms with Crippen molar-refractivity contribution in [3.05, 3.63) is 22.7 Å². The van der Waals surface area contributed by atoms with Crippen LogP contribution in [0.4, 0.5) is 0 Å². The van der Waals surface area contributed by atoms with Crippen molar-refractivity contribution in [2.75, 3.05) is 6.79 Å². The fourth-order valence-corrected chi connectivity index (χ4v) is 2.53. The zero-order valence-corrected chi connectivity index (χ0v) is 9.69. The number of fused-ring (bicyclic) bond motifs is 1. The number of halogens is 2. The minimum atomic E-state index is -3.59. The molecule has 0 aliphatic carbocycles.